The van der Waals surface area contributed by atoms with Crippen molar-refractivity contribution in [2.24, 2.45) is 0 Å². The summed E-state index contributed by atoms with van der Waals surface area (Å²) < 4.78 is 4.32. The van der Waals surface area contributed by atoms with Crippen LogP contribution in [0.5, 0.6) is 0 Å². The third kappa shape index (κ3) is 4.16. The van der Waals surface area contributed by atoms with Crippen LogP contribution in [0.15, 0.2) is 0 Å². The van der Waals surface area contributed by atoms with Crippen LogP contribution in [0.2, 0.25) is 0 Å². The summed E-state index contributed by atoms with van der Waals surface area (Å²) in [6.07, 6.45) is 4.41. The van der Waals surface area contributed by atoms with Gasteiger partial charge < -0.3 is 5.32 Å². The minimum absolute atomic E-state index is 0.123. The van der Waals surface area contributed by atoms with Gasteiger partial charge in [0, 0.05) is 23.5 Å². The molecule has 0 aliphatic heterocycles. The summed E-state index contributed by atoms with van der Waals surface area (Å²) in [4.78, 5) is 4.46. The third-order valence-electron chi connectivity index (χ3n) is 2.26. The number of aryl methyl sites for hydroxylation is 1. The Balaban J connectivity index is 2.56. The van der Waals surface area contributed by atoms with Crippen molar-refractivity contribution in [1.82, 2.24) is 9.36 Å². The van der Waals surface area contributed by atoms with E-state index in [1.165, 1.54) is 18.0 Å². The quantitative estimate of drug-likeness (QED) is 0.808. The zero-order valence-corrected chi connectivity index (χ0v) is 10.9. The first kappa shape index (κ1) is 12.4. The summed E-state index contributed by atoms with van der Waals surface area (Å²) in [6, 6.07) is 0. The predicted molar refractivity (Wildman–Crippen MR) is 66.5 cm³/mol. The Kier molecular flexibility index (Phi) is 4.51. The van der Waals surface area contributed by atoms with Crippen LogP contribution in [0.1, 0.15) is 52.8 Å². The van der Waals surface area contributed by atoms with Gasteiger partial charge in [-0.3, -0.25) is 0 Å². The van der Waals surface area contributed by atoms with Crippen LogP contribution in [0, 0.1) is 0 Å². The first-order valence-corrected chi connectivity index (χ1v) is 6.45. The molecule has 1 N–H and O–H groups in total. The van der Waals surface area contributed by atoms with Gasteiger partial charge in [0.15, 0.2) is 0 Å². The number of nitrogens with zero attached hydrogens (tertiary/aromatic N) is 2. The highest BCUT2D eigenvalue weighted by molar-refractivity contribution is 7.09. The fourth-order valence-electron chi connectivity index (χ4n) is 1.61. The SMILES string of the molecule is CCCc1nsc(NC(C)(C)CCC)n1. The zero-order valence-electron chi connectivity index (χ0n) is 10.1. The maximum absolute atomic E-state index is 4.46. The van der Waals surface area contributed by atoms with E-state index in [1.807, 2.05) is 0 Å². The van der Waals surface area contributed by atoms with Crippen LogP contribution in [0.3, 0.4) is 0 Å². The first-order chi connectivity index (χ1) is 7.07. The highest BCUT2D eigenvalue weighted by atomic mass is 32.1. The van der Waals surface area contributed by atoms with E-state index in [-0.39, 0.29) is 5.54 Å². The molecule has 0 aliphatic rings. The molecular weight excluding hydrogens is 206 g/mol. The van der Waals surface area contributed by atoms with Gasteiger partial charge in [0.1, 0.15) is 5.82 Å². The zero-order chi connectivity index (χ0) is 11.3. The Morgan fingerprint density at radius 1 is 1.27 bits per heavy atom. The number of nitrogens with one attached hydrogen (secondary N) is 1. The van der Waals surface area contributed by atoms with Crippen molar-refractivity contribution in [2.75, 3.05) is 5.32 Å². The highest BCUT2D eigenvalue weighted by Gasteiger charge is 2.17. The molecule has 4 heteroatoms. The van der Waals surface area contributed by atoms with E-state index in [4.69, 9.17) is 0 Å². The van der Waals surface area contributed by atoms with Crippen molar-refractivity contribution >= 4 is 16.7 Å². The fourth-order valence-corrected chi connectivity index (χ4v) is 2.40. The van der Waals surface area contributed by atoms with Crippen LogP contribution >= 0.6 is 11.5 Å². The average Bonchev–Trinajstić information content (AvgIpc) is 2.52. The molecule has 0 saturated heterocycles. The summed E-state index contributed by atoms with van der Waals surface area (Å²) in [6.45, 7) is 8.76. The Morgan fingerprint density at radius 3 is 2.60 bits per heavy atom. The Labute approximate surface area is 96.5 Å². The van der Waals surface area contributed by atoms with Crippen LogP contribution in [0.25, 0.3) is 0 Å². The Hall–Kier alpha value is -0.640. The smallest absolute Gasteiger partial charge is 0.202 e. The second kappa shape index (κ2) is 5.45. The van der Waals surface area contributed by atoms with E-state index in [0.29, 0.717) is 0 Å². The Morgan fingerprint density at radius 2 is 2.00 bits per heavy atom. The lowest BCUT2D eigenvalue weighted by Gasteiger charge is -2.24. The molecule has 15 heavy (non-hydrogen) atoms. The van der Waals surface area contributed by atoms with Gasteiger partial charge in [-0.2, -0.15) is 4.37 Å². The number of hydrogen-bond acceptors (Lipinski definition) is 4. The number of aromatic nitrogens is 2. The van der Waals surface area contributed by atoms with Gasteiger partial charge in [-0.15, -0.1) is 0 Å². The summed E-state index contributed by atoms with van der Waals surface area (Å²) in [5.74, 6) is 0.970. The van der Waals surface area contributed by atoms with Crippen molar-refractivity contribution in [3.8, 4) is 0 Å². The van der Waals surface area contributed by atoms with Gasteiger partial charge in [0.05, 0.1) is 0 Å². The molecule has 0 fully saturated rings. The van der Waals surface area contributed by atoms with Crippen molar-refractivity contribution in [2.45, 2.75) is 58.9 Å². The number of rotatable bonds is 6. The molecule has 0 bridgehead atoms. The maximum Gasteiger partial charge on any atom is 0.202 e. The average molecular weight is 227 g/mol. The molecule has 3 nitrogen and oxygen atoms in total. The summed E-state index contributed by atoms with van der Waals surface area (Å²) in [5.41, 5.74) is 0.123. The van der Waals surface area contributed by atoms with Crippen molar-refractivity contribution in [1.29, 1.82) is 0 Å². The molecule has 1 rings (SSSR count). The van der Waals surface area contributed by atoms with Crippen molar-refractivity contribution in [3.63, 3.8) is 0 Å². The molecule has 0 radical (unpaired) electrons. The van der Waals surface area contributed by atoms with Crippen LogP contribution in [-0.4, -0.2) is 14.9 Å². The monoisotopic (exact) mass is 227 g/mol. The predicted octanol–water partition coefficient (Wildman–Crippen LogP) is 3.48. The van der Waals surface area contributed by atoms with E-state index < -0.39 is 0 Å². The summed E-state index contributed by atoms with van der Waals surface area (Å²) >= 11 is 1.47. The molecule has 1 aromatic heterocycles. The van der Waals surface area contributed by atoms with E-state index in [9.17, 15) is 0 Å². The normalized spacial score (nSPS) is 11.7. The maximum atomic E-state index is 4.46. The van der Waals surface area contributed by atoms with Gasteiger partial charge in [0.25, 0.3) is 0 Å². The molecule has 0 aromatic carbocycles. The Bertz CT molecular complexity index is 294. The van der Waals surface area contributed by atoms with E-state index in [0.717, 1.165) is 30.2 Å². The lowest BCUT2D eigenvalue weighted by atomic mass is 10.00. The van der Waals surface area contributed by atoms with E-state index in [1.54, 1.807) is 0 Å². The summed E-state index contributed by atoms with van der Waals surface area (Å²) in [7, 11) is 0. The molecule has 1 heterocycles. The number of hydrogen-bond donors (Lipinski definition) is 1. The number of anilines is 1. The van der Waals surface area contributed by atoms with E-state index in [2.05, 4.69) is 42.4 Å². The lowest BCUT2D eigenvalue weighted by Crippen LogP contribution is -2.30. The highest BCUT2D eigenvalue weighted by Crippen LogP contribution is 2.21. The standard InChI is InChI=1S/C11H21N3S/c1-5-7-9-12-10(15-14-9)13-11(3,4)8-6-2/h5-8H2,1-4H3,(H,12,13,14). The fraction of sp³-hybridized carbons (Fsp3) is 0.818. The largest absolute Gasteiger partial charge is 0.355 e. The van der Waals surface area contributed by atoms with Crippen molar-refractivity contribution < 1.29 is 0 Å². The molecule has 0 spiro atoms. The van der Waals surface area contributed by atoms with Gasteiger partial charge in [0.2, 0.25) is 5.13 Å². The molecule has 86 valence electrons. The third-order valence-corrected chi connectivity index (χ3v) is 2.93. The second-order valence-corrected chi connectivity index (χ2v) is 5.28. The molecule has 1 aromatic rings. The van der Waals surface area contributed by atoms with Crippen LogP contribution in [-0.2, 0) is 6.42 Å². The van der Waals surface area contributed by atoms with Gasteiger partial charge in [-0.05, 0) is 26.7 Å². The van der Waals surface area contributed by atoms with Gasteiger partial charge in [-0.1, -0.05) is 20.3 Å². The molecule has 0 unspecified atom stereocenters. The molecule has 0 atom stereocenters. The minimum atomic E-state index is 0.123. The van der Waals surface area contributed by atoms with Crippen LogP contribution in [0.4, 0.5) is 5.13 Å². The second-order valence-electron chi connectivity index (χ2n) is 4.52. The first-order valence-electron chi connectivity index (χ1n) is 5.68. The van der Waals surface area contributed by atoms with E-state index >= 15 is 0 Å². The van der Waals surface area contributed by atoms with Crippen molar-refractivity contribution in [3.05, 3.63) is 5.82 Å². The topological polar surface area (TPSA) is 37.8 Å². The lowest BCUT2D eigenvalue weighted by molar-refractivity contribution is 0.510. The van der Waals surface area contributed by atoms with Gasteiger partial charge in [-0.25, -0.2) is 4.98 Å². The van der Waals surface area contributed by atoms with Crippen LogP contribution < -0.4 is 5.32 Å². The molecular formula is C11H21N3S. The molecule has 0 aliphatic carbocycles. The molecule has 0 saturated carbocycles. The minimum Gasteiger partial charge on any atom is -0.355 e. The summed E-state index contributed by atoms with van der Waals surface area (Å²) in [5, 5.41) is 4.40. The molecule has 0 amide bonds. The van der Waals surface area contributed by atoms with Gasteiger partial charge >= 0.3 is 0 Å².